The fourth-order valence-corrected chi connectivity index (χ4v) is 4.24. The molecule has 0 radical (unpaired) electrons. The van der Waals surface area contributed by atoms with Gasteiger partial charge in [-0.2, -0.15) is 5.26 Å². The maximum absolute atomic E-state index is 10.9. The number of aromatic hydroxyl groups is 2. The molecule has 5 heteroatoms. The van der Waals surface area contributed by atoms with Crippen molar-refractivity contribution in [3.63, 3.8) is 0 Å². The van der Waals surface area contributed by atoms with Gasteiger partial charge in [0, 0.05) is 21.8 Å². The number of hydrogen-bond donors (Lipinski definition) is 2. The number of rotatable bonds is 2. The van der Waals surface area contributed by atoms with Gasteiger partial charge >= 0.3 is 0 Å². The molecule has 0 aliphatic rings. The third-order valence-electron chi connectivity index (χ3n) is 5.59. The summed E-state index contributed by atoms with van der Waals surface area (Å²) in [6.45, 7) is 1.94. The van der Waals surface area contributed by atoms with Crippen LogP contribution in [0.25, 0.3) is 38.3 Å². The lowest BCUT2D eigenvalue weighted by Crippen LogP contribution is -1.95. The fourth-order valence-electron chi connectivity index (χ4n) is 4.24. The number of hydrogen-bond acceptors (Lipinski definition) is 4. The summed E-state index contributed by atoms with van der Waals surface area (Å²) in [4.78, 5) is 0. The van der Waals surface area contributed by atoms with Gasteiger partial charge in [-0.05, 0) is 49.4 Å². The van der Waals surface area contributed by atoms with Gasteiger partial charge in [0.25, 0.3) is 0 Å². The van der Waals surface area contributed by atoms with Crippen LogP contribution in [-0.4, -0.2) is 21.9 Å². The van der Waals surface area contributed by atoms with Gasteiger partial charge in [-0.15, -0.1) is 0 Å². The summed E-state index contributed by atoms with van der Waals surface area (Å²) < 4.78 is 7.31. The molecule has 0 aliphatic carbocycles. The summed E-state index contributed by atoms with van der Waals surface area (Å²) in [5.74, 6) is 0.728. The van der Waals surface area contributed by atoms with Gasteiger partial charge in [0.05, 0.1) is 23.5 Å². The third-order valence-corrected chi connectivity index (χ3v) is 5.59. The van der Waals surface area contributed by atoms with Crippen LogP contribution in [0.15, 0.2) is 60.7 Å². The second-order valence-electron chi connectivity index (χ2n) is 7.31. The molecule has 0 unspecified atom stereocenters. The number of phenolic OH excluding ortho intramolecular Hbond substituents is 2. The van der Waals surface area contributed by atoms with Crippen LogP contribution in [0.1, 0.15) is 11.1 Å². The molecule has 5 nitrogen and oxygen atoms in total. The number of ether oxygens (including phenoxy) is 1. The Morgan fingerprint density at radius 2 is 1.70 bits per heavy atom. The lowest BCUT2D eigenvalue weighted by atomic mass is 9.97. The standard InChI is InChI=1S/C25H18N2O3/c1-14-6-11-17-18(12-14)25(29)19(13-26)22-23-20(4-3-5-21(23)28)27(24(17)22)15-7-9-16(30-2)10-8-15/h3-12,28-29H,1-2H3. The number of methoxy groups -OCH3 is 1. The van der Waals surface area contributed by atoms with Crippen molar-refractivity contribution in [1.82, 2.24) is 4.57 Å². The first-order valence-corrected chi connectivity index (χ1v) is 9.51. The van der Waals surface area contributed by atoms with E-state index in [4.69, 9.17) is 4.74 Å². The predicted octanol–water partition coefficient (Wildman–Crippen LogP) is 5.54. The SMILES string of the molecule is COc1ccc(-n2c3cccc(O)c3c3c(C#N)c(O)c4cc(C)ccc4c32)cc1. The van der Waals surface area contributed by atoms with Gasteiger partial charge in [-0.3, -0.25) is 0 Å². The lowest BCUT2D eigenvalue weighted by Gasteiger charge is -2.12. The molecule has 0 bridgehead atoms. The third kappa shape index (κ3) is 2.34. The highest BCUT2D eigenvalue weighted by Crippen LogP contribution is 2.46. The van der Waals surface area contributed by atoms with Crippen molar-refractivity contribution >= 4 is 32.6 Å². The van der Waals surface area contributed by atoms with E-state index in [2.05, 4.69) is 6.07 Å². The van der Waals surface area contributed by atoms with Crippen LogP contribution in [0.3, 0.4) is 0 Å². The Bertz CT molecular complexity index is 1510. The molecule has 0 atom stereocenters. The molecule has 4 aromatic carbocycles. The topological polar surface area (TPSA) is 78.4 Å². The largest absolute Gasteiger partial charge is 0.507 e. The number of aryl methyl sites for hydroxylation is 1. The first-order valence-electron chi connectivity index (χ1n) is 9.51. The number of aromatic nitrogens is 1. The number of benzene rings is 4. The van der Waals surface area contributed by atoms with E-state index in [0.717, 1.165) is 33.4 Å². The van der Waals surface area contributed by atoms with Crippen molar-refractivity contribution in [2.75, 3.05) is 7.11 Å². The van der Waals surface area contributed by atoms with E-state index < -0.39 is 0 Å². The van der Waals surface area contributed by atoms with Crippen LogP contribution in [-0.2, 0) is 0 Å². The van der Waals surface area contributed by atoms with Gasteiger partial charge in [0.15, 0.2) is 0 Å². The molecule has 0 saturated heterocycles. The zero-order valence-electron chi connectivity index (χ0n) is 16.5. The molecule has 0 aliphatic heterocycles. The molecule has 2 N–H and O–H groups in total. The number of fused-ring (bicyclic) bond motifs is 5. The normalized spacial score (nSPS) is 11.2. The summed E-state index contributed by atoms with van der Waals surface area (Å²) in [7, 11) is 1.62. The highest BCUT2D eigenvalue weighted by Gasteiger charge is 2.23. The molecule has 0 saturated carbocycles. The Hall–Kier alpha value is -4.17. The predicted molar refractivity (Wildman–Crippen MR) is 118 cm³/mol. The van der Waals surface area contributed by atoms with E-state index in [0.29, 0.717) is 16.2 Å². The summed E-state index contributed by atoms with van der Waals surface area (Å²) in [6.07, 6.45) is 0. The van der Waals surface area contributed by atoms with Crippen LogP contribution in [0.4, 0.5) is 0 Å². The average Bonchev–Trinajstić information content (AvgIpc) is 3.10. The van der Waals surface area contributed by atoms with Crippen LogP contribution in [0.5, 0.6) is 17.2 Å². The molecule has 1 aromatic heterocycles. The van der Waals surface area contributed by atoms with Crippen LogP contribution >= 0.6 is 0 Å². The zero-order chi connectivity index (χ0) is 21.0. The van der Waals surface area contributed by atoms with Crippen LogP contribution < -0.4 is 4.74 Å². The molecule has 5 rings (SSSR count). The molecule has 30 heavy (non-hydrogen) atoms. The Kier molecular flexibility index (Phi) is 3.84. The highest BCUT2D eigenvalue weighted by molar-refractivity contribution is 6.24. The Morgan fingerprint density at radius 1 is 0.933 bits per heavy atom. The minimum atomic E-state index is -0.0688. The second kappa shape index (κ2) is 6.43. The quantitative estimate of drug-likeness (QED) is 0.412. The number of nitriles is 1. The van der Waals surface area contributed by atoms with Crippen LogP contribution in [0, 0.1) is 18.3 Å². The highest BCUT2D eigenvalue weighted by atomic mass is 16.5. The summed E-state index contributed by atoms with van der Waals surface area (Å²) >= 11 is 0. The molecule has 146 valence electrons. The lowest BCUT2D eigenvalue weighted by molar-refractivity contribution is 0.415. The van der Waals surface area contributed by atoms with E-state index in [9.17, 15) is 15.5 Å². The molecule has 0 amide bonds. The molecule has 0 spiro atoms. The summed E-state index contributed by atoms with van der Waals surface area (Å²) in [5.41, 5.74) is 3.51. The molecular formula is C25H18N2O3. The maximum atomic E-state index is 10.9. The smallest absolute Gasteiger partial charge is 0.141 e. The van der Waals surface area contributed by atoms with E-state index in [1.807, 2.05) is 60.0 Å². The number of nitrogens with zero attached hydrogens (tertiary/aromatic N) is 2. The van der Waals surface area contributed by atoms with Crippen molar-refractivity contribution in [3.8, 4) is 29.0 Å². The van der Waals surface area contributed by atoms with E-state index >= 15 is 0 Å². The van der Waals surface area contributed by atoms with E-state index in [-0.39, 0.29) is 17.1 Å². The van der Waals surface area contributed by atoms with E-state index in [1.165, 1.54) is 0 Å². The monoisotopic (exact) mass is 394 g/mol. The minimum absolute atomic E-state index is 0.0622. The Morgan fingerprint density at radius 3 is 2.40 bits per heavy atom. The molecular weight excluding hydrogens is 376 g/mol. The van der Waals surface area contributed by atoms with Crippen molar-refractivity contribution < 1.29 is 14.9 Å². The minimum Gasteiger partial charge on any atom is -0.507 e. The maximum Gasteiger partial charge on any atom is 0.141 e. The molecule has 0 fully saturated rings. The van der Waals surface area contributed by atoms with Crippen molar-refractivity contribution in [1.29, 1.82) is 5.26 Å². The van der Waals surface area contributed by atoms with Crippen molar-refractivity contribution in [2.24, 2.45) is 0 Å². The van der Waals surface area contributed by atoms with Gasteiger partial charge in [0.2, 0.25) is 0 Å². The Labute approximate surface area is 172 Å². The van der Waals surface area contributed by atoms with Gasteiger partial charge in [-0.1, -0.05) is 23.8 Å². The summed E-state index contributed by atoms with van der Waals surface area (Å²) in [5, 5.41) is 34.1. The first-order chi connectivity index (χ1) is 14.5. The van der Waals surface area contributed by atoms with Gasteiger partial charge < -0.3 is 19.5 Å². The number of phenols is 2. The molecule has 5 aromatic rings. The Balaban J connectivity index is 2.10. The van der Waals surface area contributed by atoms with Crippen LogP contribution in [0.2, 0.25) is 0 Å². The average molecular weight is 394 g/mol. The van der Waals surface area contributed by atoms with E-state index in [1.54, 1.807) is 19.2 Å². The second-order valence-corrected chi connectivity index (χ2v) is 7.31. The molecule has 1 heterocycles. The van der Waals surface area contributed by atoms with Gasteiger partial charge in [0.1, 0.15) is 28.9 Å². The van der Waals surface area contributed by atoms with Crippen molar-refractivity contribution in [3.05, 3.63) is 71.8 Å². The zero-order valence-corrected chi connectivity index (χ0v) is 16.5. The van der Waals surface area contributed by atoms with Crippen molar-refractivity contribution in [2.45, 2.75) is 6.92 Å². The first kappa shape index (κ1) is 17.9. The van der Waals surface area contributed by atoms with Gasteiger partial charge in [-0.25, -0.2) is 0 Å². The summed E-state index contributed by atoms with van der Waals surface area (Å²) in [6, 6.07) is 20.8. The fraction of sp³-hybridized carbons (Fsp3) is 0.0800.